The van der Waals surface area contributed by atoms with Gasteiger partial charge >= 0.3 is 0 Å². The molecule has 2 aromatic carbocycles. The molecule has 0 bridgehead atoms. The van der Waals surface area contributed by atoms with Gasteiger partial charge in [-0.05, 0) is 44.0 Å². The third kappa shape index (κ3) is 4.43. The van der Waals surface area contributed by atoms with E-state index in [1.165, 1.54) is 23.4 Å². The van der Waals surface area contributed by atoms with Gasteiger partial charge in [0.2, 0.25) is 10.0 Å². The number of hydrogen-bond donors (Lipinski definition) is 1. The van der Waals surface area contributed by atoms with Crippen LogP contribution in [0.4, 0.5) is 0 Å². The van der Waals surface area contributed by atoms with E-state index in [2.05, 4.69) is 5.32 Å². The second-order valence-corrected chi connectivity index (χ2v) is 8.54. The molecule has 142 valence electrons. The smallest absolute Gasteiger partial charge is 0.251 e. The molecule has 0 aliphatic carbocycles. The predicted molar refractivity (Wildman–Crippen MR) is 102 cm³/mol. The van der Waals surface area contributed by atoms with Gasteiger partial charge < -0.3 is 5.32 Å². The average Bonchev–Trinajstić information content (AvgIpc) is 2.69. The Kier molecular flexibility index (Phi) is 5.72. The van der Waals surface area contributed by atoms with E-state index >= 15 is 0 Å². The lowest BCUT2D eigenvalue weighted by Gasteiger charge is -2.31. The Morgan fingerprint density at radius 1 is 0.963 bits per heavy atom. The quantitative estimate of drug-likeness (QED) is 0.800. The van der Waals surface area contributed by atoms with Crippen LogP contribution >= 0.6 is 0 Å². The van der Waals surface area contributed by atoms with Gasteiger partial charge in [-0.1, -0.05) is 30.3 Å². The summed E-state index contributed by atoms with van der Waals surface area (Å²) in [6.07, 6.45) is 1.09. The molecule has 0 spiro atoms. The summed E-state index contributed by atoms with van der Waals surface area (Å²) in [5.74, 6) is -0.319. The molecule has 0 atom stereocenters. The van der Waals surface area contributed by atoms with Gasteiger partial charge in [0.05, 0.1) is 4.90 Å². The van der Waals surface area contributed by atoms with Gasteiger partial charge in [-0.2, -0.15) is 4.31 Å². The zero-order valence-corrected chi connectivity index (χ0v) is 15.9. The largest absolute Gasteiger partial charge is 0.349 e. The Hall–Kier alpha value is -2.51. The van der Waals surface area contributed by atoms with Crippen LogP contribution in [0.15, 0.2) is 59.5 Å². The highest BCUT2D eigenvalue weighted by molar-refractivity contribution is 7.89. The molecule has 1 N–H and O–H groups in total. The van der Waals surface area contributed by atoms with Crippen molar-refractivity contribution >= 4 is 21.7 Å². The molecular weight excluding hydrogens is 364 g/mol. The van der Waals surface area contributed by atoms with Crippen molar-refractivity contribution in [3.8, 4) is 0 Å². The van der Waals surface area contributed by atoms with E-state index in [4.69, 9.17) is 0 Å². The Labute approximate surface area is 159 Å². The van der Waals surface area contributed by atoms with Gasteiger partial charge in [-0.25, -0.2) is 8.42 Å². The lowest BCUT2D eigenvalue weighted by atomic mass is 10.1. The van der Waals surface area contributed by atoms with Gasteiger partial charge in [0.15, 0.2) is 5.78 Å². The van der Waals surface area contributed by atoms with Gasteiger partial charge in [0.1, 0.15) is 0 Å². The Balaban J connectivity index is 1.64. The number of sulfonamides is 1. The monoisotopic (exact) mass is 386 g/mol. The van der Waals surface area contributed by atoms with Gasteiger partial charge in [0, 0.05) is 30.3 Å². The normalized spacial score (nSPS) is 16.0. The second-order valence-electron chi connectivity index (χ2n) is 6.60. The number of nitrogens with one attached hydrogen (secondary N) is 1. The topological polar surface area (TPSA) is 83.6 Å². The van der Waals surface area contributed by atoms with Gasteiger partial charge in [-0.15, -0.1) is 0 Å². The van der Waals surface area contributed by atoms with Crippen LogP contribution in [0.5, 0.6) is 0 Å². The highest BCUT2D eigenvalue weighted by Gasteiger charge is 2.30. The fourth-order valence-corrected chi connectivity index (χ4v) is 4.64. The van der Waals surface area contributed by atoms with Crippen LogP contribution in [-0.2, 0) is 10.0 Å². The number of carbonyl (C=O) groups excluding carboxylic acids is 2. The van der Waals surface area contributed by atoms with Crippen molar-refractivity contribution in [3.05, 3.63) is 65.7 Å². The van der Waals surface area contributed by atoms with Crippen molar-refractivity contribution in [1.82, 2.24) is 9.62 Å². The molecule has 1 aliphatic rings. The average molecular weight is 386 g/mol. The summed E-state index contributed by atoms with van der Waals surface area (Å²) in [5.41, 5.74) is 0.967. The third-order valence-electron chi connectivity index (χ3n) is 4.70. The number of carbonyl (C=O) groups is 2. The van der Waals surface area contributed by atoms with Crippen molar-refractivity contribution < 1.29 is 18.0 Å². The molecule has 1 amide bonds. The van der Waals surface area contributed by atoms with Crippen LogP contribution in [0.2, 0.25) is 0 Å². The molecule has 1 aliphatic heterocycles. The SMILES string of the molecule is CC(=O)c1cccc(S(=O)(=O)N2CCC(NC(=O)c3ccccc3)CC2)c1. The summed E-state index contributed by atoms with van der Waals surface area (Å²) in [5, 5.41) is 2.97. The second kappa shape index (κ2) is 8.02. The molecule has 27 heavy (non-hydrogen) atoms. The van der Waals surface area contributed by atoms with Crippen molar-refractivity contribution in [1.29, 1.82) is 0 Å². The molecule has 0 unspecified atom stereocenters. The Morgan fingerprint density at radius 2 is 1.59 bits per heavy atom. The fourth-order valence-electron chi connectivity index (χ4n) is 3.12. The summed E-state index contributed by atoms with van der Waals surface area (Å²) in [6, 6.07) is 15.0. The lowest BCUT2D eigenvalue weighted by Crippen LogP contribution is -2.46. The third-order valence-corrected chi connectivity index (χ3v) is 6.60. The molecule has 1 fully saturated rings. The molecule has 1 heterocycles. The molecule has 0 saturated carbocycles. The number of amides is 1. The van der Waals surface area contributed by atoms with Crippen LogP contribution in [0.3, 0.4) is 0 Å². The van der Waals surface area contributed by atoms with E-state index in [9.17, 15) is 18.0 Å². The van der Waals surface area contributed by atoms with Crippen molar-refractivity contribution in [3.63, 3.8) is 0 Å². The number of hydrogen-bond acceptors (Lipinski definition) is 4. The van der Waals surface area contributed by atoms with Crippen LogP contribution in [0.25, 0.3) is 0 Å². The zero-order chi connectivity index (χ0) is 19.4. The van der Waals surface area contributed by atoms with E-state index in [-0.39, 0.29) is 22.6 Å². The highest BCUT2D eigenvalue weighted by Crippen LogP contribution is 2.22. The summed E-state index contributed by atoms with van der Waals surface area (Å²) in [7, 11) is -3.65. The maximum Gasteiger partial charge on any atom is 0.251 e. The van der Waals surface area contributed by atoms with Crippen molar-refractivity contribution in [2.45, 2.75) is 30.7 Å². The molecule has 1 saturated heterocycles. The minimum Gasteiger partial charge on any atom is -0.349 e. The molecule has 3 rings (SSSR count). The maximum absolute atomic E-state index is 12.8. The molecule has 6 nitrogen and oxygen atoms in total. The standard InChI is InChI=1S/C20H22N2O4S/c1-15(23)17-8-5-9-19(14-17)27(25,26)22-12-10-18(11-13-22)21-20(24)16-6-3-2-4-7-16/h2-9,14,18H,10-13H2,1H3,(H,21,24). The summed E-state index contributed by atoms with van der Waals surface area (Å²) in [6.45, 7) is 2.06. The minimum absolute atomic E-state index is 0.0623. The Bertz CT molecular complexity index is 933. The van der Waals surface area contributed by atoms with Gasteiger partial charge in [-0.3, -0.25) is 9.59 Å². The van der Waals surface area contributed by atoms with E-state index in [0.717, 1.165) is 0 Å². The van der Waals surface area contributed by atoms with Crippen LogP contribution < -0.4 is 5.32 Å². The molecule has 7 heteroatoms. The first kappa shape index (κ1) is 19.3. The highest BCUT2D eigenvalue weighted by atomic mass is 32.2. The number of nitrogens with zero attached hydrogens (tertiary/aromatic N) is 1. The first-order valence-electron chi connectivity index (χ1n) is 8.85. The van der Waals surface area contributed by atoms with E-state index in [1.54, 1.807) is 36.4 Å². The lowest BCUT2D eigenvalue weighted by molar-refractivity contribution is 0.0923. The van der Waals surface area contributed by atoms with Crippen LogP contribution in [-0.4, -0.2) is 43.5 Å². The number of rotatable bonds is 5. The Morgan fingerprint density at radius 3 is 2.22 bits per heavy atom. The fraction of sp³-hybridized carbons (Fsp3) is 0.300. The van der Waals surface area contributed by atoms with Crippen LogP contribution in [0, 0.1) is 0 Å². The van der Waals surface area contributed by atoms with Crippen molar-refractivity contribution in [2.24, 2.45) is 0 Å². The van der Waals surface area contributed by atoms with Gasteiger partial charge in [0.25, 0.3) is 5.91 Å². The zero-order valence-electron chi connectivity index (χ0n) is 15.1. The number of piperidine rings is 1. The van der Waals surface area contributed by atoms with Crippen LogP contribution in [0.1, 0.15) is 40.5 Å². The van der Waals surface area contributed by atoms with E-state index in [0.29, 0.717) is 37.1 Å². The van der Waals surface area contributed by atoms with E-state index < -0.39 is 10.0 Å². The summed E-state index contributed by atoms with van der Waals surface area (Å²) >= 11 is 0. The first-order valence-corrected chi connectivity index (χ1v) is 10.3. The first-order chi connectivity index (χ1) is 12.9. The minimum atomic E-state index is -3.65. The molecular formula is C20H22N2O4S. The molecule has 0 radical (unpaired) electrons. The van der Waals surface area contributed by atoms with Crippen molar-refractivity contribution in [2.75, 3.05) is 13.1 Å². The molecule has 0 aromatic heterocycles. The molecule has 2 aromatic rings. The maximum atomic E-state index is 12.8. The number of benzene rings is 2. The van der Waals surface area contributed by atoms with E-state index in [1.807, 2.05) is 6.07 Å². The summed E-state index contributed by atoms with van der Waals surface area (Å²) < 4.78 is 27.1. The summed E-state index contributed by atoms with van der Waals surface area (Å²) in [4.78, 5) is 23.9. The number of ketones is 1. The predicted octanol–water partition coefficient (Wildman–Crippen LogP) is 2.47. The number of Topliss-reactive ketones (excluding diaryl/α,β-unsaturated/α-hetero) is 1.